The van der Waals surface area contributed by atoms with Crippen LogP contribution in [0.2, 0.25) is 0 Å². The summed E-state index contributed by atoms with van der Waals surface area (Å²) >= 11 is 3.36. The smallest absolute Gasteiger partial charge is 0.210 e. The quantitative estimate of drug-likeness (QED) is 0.677. The minimum absolute atomic E-state index is 0.152. The average molecular weight is 338 g/mol. The molecule has 102 valence electrons. The maximum Gasteiger partial charge on any atom is 0.210 e. The largest absolute Gasteiger partial charge is 0.369 e. The van der Waals surface area contributed by atoms with Crippen LogP contribution in [-0.4, -0.2) is 37.2 Å². The summed E-state index contributed by atoms with van der Waals surface area (Å²) in [6.45, 7) is 3.04. The number of nitrogens with two attached hydrogens (primary N) is 1. The summed E-state index contributed by atoms with van der Waals surface area (Å²) in [7, 11) is -3.47. The van der Waals surface area contributed by atoms with Gasteiger partial charge in [-0.1, -0.05) is 6.92 Å². The van der Waals surface area contributed by atoms with Gasteiger partial charge in [0.05, 0.1) is 5.75 Å². The van der Waals surface area contributed by atoms with Gasteiger partial charge in [0.1, 0.15) is 22.4 Å². The Morgan fingerprint density at radius 1 is 1.28 bits per heavy atom. The van der Waals surface area contributed by atoms with E-state index in [4.69, 9.17) is 5.14 Å². The number of hydrogen-bond donors (Lipinski definition) is 3. The van der Waals surface area contributed by atoms with E-state index in [0.717, 1.165) is 13.0 Å². The molecule has 0 radical (unpaired) electrons. The molecule has 18 heavy (non-hydrogen) atoms. The first-order valence-corrected chi connectivity index (χ1v) is 7.93. The van der Waals surface area contributed by atoms with Crippen molar-refractivity contribution in [1.82, 2.24) is 9.97 Å². The van der Waals surface area contributed by atoms with Crippen LogP contribution >= 0.6 is 15.9 Å². The Hall–Kier alpha value is -0.930. The van der Waals surface area contributed by atoms with E-state index in [0.29, 0.717) is 16.1 Å². The third-order valence-electron chi connectivity index (χ3n) is 2.01. The third-order valence-corrected chi connectivity index (χ3v) is 3.54. The normalized spacial score (nSPS) is 11.3. The van der Waals surface area contributed by atoms with Gasteiger partial charge < -0.3 is 10.6 Å². The minimum Gasteiger partial charge on any atom is -0.369 e. The highest BCUT2D eigenvalue weighted by Crippen LogP contribution is 2.26. The molecule has 0 bridgehead atoms. The van der Waals surface area contributed by atoms with Gasteiger partial charge >= 0.3 is 0 Å². The maximum absolute atomic E-state index is 10.8. The molecule has 4 N–H and O–H groups in total. The third kappa shape index (κ3) is 5.15. The molecule has 9 heteroatoms. The summed E-state index contributed by atoms with van der Waals surface area (Å²) < 4.78 is 22.3. The van der Waals surface area contributed by atoms with Gasteiger partial charge in [-0.05, 0) is 22.4 Å². The van der Waals surface area contributed by atoms with Crippen LogP contribution in [0.25, 0.3) is 0 Å². The molecule has 0 fully saturated rings. The lowest BCUT2D eigenvalue weighted by molar-refractivity contribution is 0.598. The molecule has 1 rings (SSSR count). The average Bonchev–Trinajstić information content (AvgIpc) is 2.28. The first kappa shape index (κ1) is 15.1. The Kier molecular flexibility index (Phi) is 5.76. The molecule has 0 aliphatic heterocycles. The number of nitrogens with one attached hydrogen (secondary N) is 2. The van der Waals surface area contributed by atoms with Crippen molar-refractivity contribution in [3.8, 4) is 0 Å². The van der Waals surface area contributed by atoms with Gasteiger partial charge in [-0.15, -0.1) is 0 Å². The molecule has 0 spiro atoms. The number of halogens is 1. The highest BCUT2D eigenvalue weighted by atomic mass is 79.9. The zero-order valence-electron chi connectivity index (χ0n) is 9.98. The number of nitrogens with zero attached hydrogens (tertiary/aromatic N) is 2. The monoisotopic (exact) mass is 337 g/mol. The van der Waals surface area contributed by atoms with Crippen LogP contribution in [0.1, 0.15) is 13.3 Å². The molecular weight excluding hydrogens is 322 g/mol. The molecule has 1 aromatic heterocycles. The Morgan fingerprint density at radius 3 is 2.33 bits per heavy atom. The standard InChI is InChI=1S/C9H16BrN5O2S/c1-2-3-12-8-7(10)9(15-6-14-8)13-4-5-18(11,16)17/h6H,2-5H2,1H3,(H2,11,16,17)(H2,12,13,14,15). The van der Waals surface area contributed by atoms with Crippen molar-refractivity contribution in [2.45, 2.75) is 13.3 Å². The van der Waals surface area contributed by atoms with Crippen LogP contribution in [0, 0.1) is 0 Å². The lowest BCUT2D eigenvalue weighted by Crippen LogP contribution is -2.22. The van der Waals surface area contributed by atoms with E-state index in [-0.39, 0.29) is 12.3 Å². The van der Waals surface area contributed by atoms with Crippen molar-refractivity contribution in [2.24, 2.45) is 5.14 Å². The lowest BCUT2D eigenvalue weighted by atomic mass is 10.4. The highest BCUT2D eigenvalue weighted by Gasteiger charge is 2.09. The van der Waals surface area contributed by atoms with E-state index in [9.17, 15) is 8.42 Å². The fourth-order valence-electron chi connectivity index (χ4n) is 1.17. The van der Waals surface area contributed by atoms with Crippen molar-refractivity contribution in [3.05, 3.63) is 10.8 Å². The van der Waals surface area contributed by atoms with Crippen molar-refractivity contribution >= 4 is 37.6 Å². The Bertz CT molecular complexity index is 494. The number of sulfonamides is 1. The molecule has 0 aliphatic carbocycles. The van der Waals surface area contributed by atoms with Crippen LogP contribution in [0.4, 0.5) is 11.6 Å². The minimum atomic E-state index is -3.47. The van der Waals surface area contributed by atoms with E-state index in [2.05, 4.69) is 36.5 Å². The molecule has 0 aromatic carbocycles. The summed E-state index contributed by atoms with van der Waals surface area (Å²) in [6.07, 6.45) is 2.38. The molecule has 1 heterocycles. The Balaban J connectivity index is 2.66. The zero-order chi connectivity index (χ0) is 13.6. The fraction of sp³-hybridized carbons (Fsp3) is 0.556. The molecule has 0 saturated heterocycles. The zero-order valence-corrected chi connectivity index (χ0v) is 12.4. The molecule has 0 saturated carbocycles. The number of aromatic nitrogens is 2. The molecule has 1 aromatic rings. The van der Waals surface area contributed by atoms with E-state index in [1.807, 2.05) is 6.92 Å². The summed E-state index contributed by atoms with van der Waals surface area (Å²) in [5.74, 6) is 1.05. The van der Waals surface area contributed by atoms with Gasteiger partial charge in [-0.3, -0.25) is 0 Å². The Labute approximate surface area is 115 Å². The lowest BCUT2D eigenvalue weighted by Gasteiger charge is -2.10. The van der Waals surface area contributed by atoms with Gasteiger partial charge in [0, 0.05) is 13.1 Å². The number of primary sulfonamides is 1. The van der Waals surface area contributed by atoms with Gasteiger partial charge in [0.25, 0.3) is 0 Å². The second-order valence-electron chi connectivity index (χ2n) is 3.61. The summed E-state index contributed by atoms with van der Waals surface area (Å²) in [6, 6.07) is 0. The van der Waals surface area contributed by atoms with Crippen molar-refractivity contribution < 1.29 is 8.42 Å². The molecule has 0 atom stereocenters. The number of anilines is 2. The van der Waals surface area contributed by atoms with E-state index >= 15 is 0 Å². The van der Waals surface area contributed by atoms with Crippen LogP contribution in [-0.2, 0) is 10.0 Å². The molecule has 0 amide bonds. The second-order valence-corrected chi connectivity index (χ2v) is 6.13. The van der Waals surface area contributed by atoms with Crippen LogP contribution in [0.3, 0.4) is 0 Å². The van der Waals surface area contributed by atoms with E-state index < -0.39 is 10.0 Å². The highest BCUT2D eigenvalue weighted by molar-refractivity contribution is 9.10. The van der Waals surface area contributed by atoms with Gasteiger partial charge in [0.2, 0.25) is 10.0 Å². The van der Waals surface area contributed by atoms with E-state index in [1.54, 1.807) is 0 Å². The molecule has 7 nitrogen and oxygen atoms in total. The SMILES string of the molecule is CCCNc1ncnc(NCCS(N)(=O)=O)c1Br. The first-order valence-electron chi connectivity index (χ1n) is 5.42. The summed E-state index contributed by atoms with van der Waals surface area (Å²) in [5, 5.41) is 10.9. The topological polar surface area (TPSA) is 110 Å². The molecule has 0 unspecified atom stereocenters. The fourth-order valence-corrected chi connectivity index (χ4v) is 2.04. The summed E-state index contributed by atoms with van der Waals surface area (Å²) in [4.78, 5) is 8.10. The van der Waals surface area contributed by atoms with Crippen LogP contribution in [0.5, 0.6) is 0 Å². The summed E-state index contributed by atoms with van der Waals surface area (Å²) in [5.41, 5.74) is 0. The Morgan fingerprint density at radius 2 is 1.83 bits per heavy atom. The predicted molar refractivity (Wildman–Crippen MR) is 75.0 cm³/mol. The van der Waals surface area contributed by atoms with Gasteiger partial charge in [0.15, 0.2) is 0 Å². The molecule has 0 aliphatic rings. The number of rotatable bonds is 7. The van der Waals surface area contributed by atoms with Crippen molar-refractivity contribution in [3.63, 3.8) is 0 Å². The van der Waals surface area contributed by atoms with E-state index in [1.165, 1.54) is 6.33 Å². The predicted octanol–water partition coefficient (Wildman–Crippen LogP) is 0.761. The van der Waals surface area contributed by atoms with Crippen molar-refractivity contribution in [1.29, 1.82) is 0 Å². The van der Waals surface area contributed by atoms with Gasteiger partial charge in [-0.2, -0.15) is 0 Å². The number of hydrogen-bond acceptors (Lipinski definition) is 6. The second kappa shape index (κ2) is 6.86. The van der Waals surface area contributed by atoms with Crippen molar-refractivity contribution in [2.75, 3.05) is 29.5 Å². The maximum atomic E-state index is 10.8. The molecular formula is C9H16BrN5O2S. The van der Waals surface area contributed by atoms with Gasteiger partial charge in [-0.25, -0.2) is 23.5 Å². The van der Waals surface area contributed by atoms with Crippen LogP contribution in [0.15, 0.2) is 10.8 Å². The van der Waals surface area contributed by atoms with Crippen LogP contribution < -0.4 is 15.8 Å². The first-order chi connectivity index (χ1) is 8.44.